The van der Waals surface area contributed by atoms with Crippen molar-refractivity contribution in [2.75, 3.05) is 93.8 Å². The van der Waals surface area contributed by atoms with Gasteiger partial charge in [0, 0.05) is 103 Å². The van der Waals surface area contributed by atoms with Gasteiger partial charge in [-0.3, -0.25) is 28.8 Å². The van der Waals surface area contributed by atoms with Crippen LogP contribution < -0.4 is 0 Å². The van der Waals surface area contributed by atoms with Gasteiger partial charge in [-0.15, -0.1) is 0 Å². The third-order valence-electron chi connectivity index (χ3n) is 19.9. The van der Waals surface area contributed by atoms with Crippen LogP contribution >= 0.6 is 0 Å². The Hall–Kier alpha value is -4.90. The molecule has 6 amide bonds. The van der Waals surface area contributed by atoms with Gasteiger partial charge in [0.05, 0.1) is 61.2 Å². The van der Waals surface area contributed by atoms with E-state index in [4.69, 9.17) is 0 Å². The molecule has 0 radical (unpaired) electrons. The minimum absolute atomic E-state index is 0.0222. The Morgan fingerprint density at radius 3 is 1.19 bits per heavy atom. The molecule has 6 aliphatic rings. The first kappa shape index (κ1) is 62.7. The van der Waals surface area contributed by atoms with Gasteiger partial charge in [0.15, 0.2) is 0 Å². The first-order valence-corrected chi connectivity index (χ1v) is 30.2. The van der Waals surface area contributed by atoms with Crippen molar-refractivity contribution in [3.8, 4) is 0 Å². The molecule has 444 valence electrons. The Bertz CT molecular complexity index is 2240. The highest BCUT2D eigenvalue weighted by Gasteiger charge is 2.54. The van der Waals surface area contributed by atoms with Crippen molar-refractivity contribution < 1.29 is 49.2 Å². The Morgan fingerprint density at radius 1 is 0.550 bits per heavy atom. The summed E-state index contributed by atoms with van der Waals surface area (Å²) in [5, 5.41) is 44.1. The summed E-state index contributed by atoms with van der Waals surface area (Å²) in [6, 6.07) is 19.5. The van der Waals surface area contributed by atoms with Gasteiger partial charge in [-0.05, 0) is 48.6 Å². The number of carbonyl (C=O) groups excluding carboxylic acids is 6. The van der Waals surface area contributed by atoms with Crippen molar-refractivity contribution >= 4 is 35.4 Å². The highest BCUT2D eigenvalue weighted by atomic mass is 16.3. The van der Waals surface area contributed by atoms with Crippen LogP contribution in [0.4, 0.5) is 0 Å². The summed E-state index contributed by atoms with van der Waals surface area (Å²) in [7, 11) is 6.95. The minimum Gasteiger partial charge on any atom is -0.396 e. The fraction of sp³-hybridized carbons (Fsp3) is 0.719. The summed E-state index contributed by atoms with van der Waals surface area (Å²) in [4.78, 5) is 90.4. The monoisotopic (exact) mass is 1110 g/mol. The second-order valence-electron chi connectivity index (χ2n) is 26.8. The van der Waals surface area contributed by atoms with Crippen LogP contribution in [0.2, 0.25) is 0 Å². The van der Waals surface area contributed by atoms with Crippen LogP contribution in [0.1, 0.15) is 153 Å². The number of piperidine rings is 4. The molecule has 4 N–H and O–H groups in total. The Balaban J connectivity index is 0.000000231. The standard InChI is InChI=1S/2C32H49N3O5/c2*1-31(2)21-34(29(38)25(20-36)17-23-11-7-5-8-12-23)16-15-32(31,40)22-35-19-27(30(39)33(3)4)26(18-28(35)37)24-13-9-6-10-14-24/h2*6,9-10,13-14,23,25-27,36,40H,5,7-8,11-12,15-22H2,1-4H3/t25-,26?,27?,32+;25-,26?,27?,32-/m00/s1. The highest BCUT2D eigenvalue weighted by molar-refractivity contribution is 5.87. The van der Waals surface area contributed by atoms with Crippen molar-refractivity contribution in [3.63, 3.8) is 0 Å². The summed E-state index contributed by atoms with van der Waals surface area (Å²) in [6.45, 7) is 9.75. The fourth-order valence-electron chi connectivity index (χ4n) is 14.4. The van der Waals surface area contributed by atoms with E-state index >= 15 is 0 Å². The molecule has 4 heterocycles. The lowest BCUT2D eigenvalue weighted by Gasteiger charge is -2.53. The van der Waals surface area contributed by atoms with Gasteiger partial charge in [0.1, 0.15) is 0 Å². The normalized spacial score (nSPS) is 28.3. The van der Waals surface area contributed by atoms with Gasteiger partial charge in [0.2, 0.25) is 35.4 Å². The molecule has 6 fully saturated rings. The predicted molar refractivity (Wildman–Crippen MR) is 309 cm³/mol. The third-order valence-corrected chi connectivity index (χ3v) is 19.9. The van der Waals surface area contributed by atoms with Gasteiger partial charge in [-0.25, -0.2) is 0 Å². The quantitative estimate of drug-likeness (QED) is 0.143. The van der Waals surface area contributed by atoms with Crippen LogP contribution in [-0.2, 0) is 28.8 Å². The maximum Gasteiger partial charge on any atom is 0.228 e. The molecule has 8 atom stereocenters. The van der Waals surface area contributed by atoms with E-state index in [-0.39, 0.29) is 99.5 Å². The smallest absolute Gasteiger partial charge is 0.228 e. The number of β-amino-alcohol motifs (C(OH)–C–C–N with tert-alkyl or cyclic N) is 2. The number of nitrogens with zero attached hydrogens (tertiary/aromatic N) is 6. The number of carbonyl (C=O) groups is 6. The van der Waals surface area contributed by atoms with E-state index in [1.165, 1.54) is 38.5 Å². The maximum absolute atomic E-state index is 13.5. The SMILES string of the molecule is CN(C)C(=O)C1CN(C[C@@]2(O)CCN(C(=O)[C@H](CO)CC3CCCCC3)CC2(C)C)C(=O)CC1c1ccccc1.CN(C)C(=O)C1CN(C[C@]2(O)CCN(C(=O)[C@H](CO)CC3CCCCC3)CC2(C)C)C(=O)CC1c1ccccc1. The average Bonchev–Trinajstić information content (AvgIpc) is 3.47. The molecule has 80 heavy (non-hydrogen) atoms. The van der Waals surface area contributed by atoms with Gasteiger partial charge in [-0.1, -0.05) is 153 Å². The van der Waals surface area contributed by atoms with Crippen molar-refractivity contribution in [1.82, 2.24) is 29.4 Å². The molecule has 2 aromatic rings. The minimum atomic E-state index is -1.21. The van der Waals surface area contributed by atoms with E-state index < -0.39 is 45.7 Å². The van der Waals surface area contributed by atoms with Crippen molar-refractivity contribution in [1.29, 1.82) is 0 Å². The van der Waals surface area contributed by atoms with Gasteiger partial charge < -0.3 is 49.8 Å². The lowest BCUT2D eigenvalue weighted by atomic mass is 9.68. The van der Waals surface area contributed by atoms with Gasteiger partial charge in [0.25, 0.3) is 0 Å². The number of hydrogen-bond acceptors (Lipinski definition) is 10. The molecule has 0 aromatic heterocycles. The molecule has 0 spiro atoms. The van der Waals surface area contributed by atoms with Crippen LogP contribution in [-0.4, -0.2) is 190 Å². The molecule has 2 aromatic carbocycles. The second-order valence-corrected chi connectivity index (χ2v) is 26.8. The van der Waals surface area contributed by atoms with E-state index in [2.05, 4.69) is 0 Å². The largest absolute Gasteiger partial charge is 0.396 e. The van der Waals surface area contributed by atoms with Crippen LogP contribution in [0.3, 0.4) is 0 Å². The Morgan fingerprint density at radius 2 is 0.887 bits per heavy atom. The van der Waals surface area contributed by atoms with E-state index in [0.29, 0.717) is 50.9 Å². The number of rotatable bonds is 16. The maximum atomic E-state index is 13.5. The van der Waals surface area contributed by atoms with Crippen LogP contribution in [0, 0.1) is 46.3 Å². The molecular formula is C64H98N6O10. The summed E-state index contributed by atoms with van der Waals surface area (Å²) in [5.41, 5.74) is -1.81. The number of benzene rings is 2. The van der Waals surface area contributed by atoms with E-state index in [1.807, 2.05) is 88.4 Å². The topological polar surface area (TPSA) is 203 Å². The van der Waals surface area contributed by atoms with E-state index in [1.54, 1.807) is 57.6 Å². The summed E-state index contributed by atoms with van der Waals surface area (Å²) in [5.74, 6) is -1.25. The van der Waals surface area contributed by atoms with E-state index in [0.717, 1.165) is 49.7 Å². The number of aliphatic hydroxyl groups excluding tert-OH is 2. The molecule has 2 saturated carbocycles. The van der Waals surface area contributed by atoms with Crippen molar-refractivity contribution in [2.24, 2.45) is 46.3 Å². The summed E-state index contributed by atoms with van der Waals surface area (Å²) >= 11 is 0. The van der Waals surface area contributed by atoms with Gasteiger partial charge in [-0.2, -0.15) is 0 Å². The zero-order valence-corrected chi connectivity index (χ0v) is 49.7. The van der Waals surface area contributed by atoms with E-state index in [9.17, 15) is 49.2 Å². The third kappa shape index (κ3) is 14.6. The number of amides is 6. The molecule has 0 bridgehead atoms. The molecule has 16 heteroatoms. The summed E-state index contributed by atoms with van der Waals surface area (Å²) in [6.07, 6.45) is 14.4. The van der Waals surface area contributed by atoms with Crippen LogP contribution in [0.25, 0.3) is 0 Å². The molecule has 4 unspecified atom stereocenters. The first-order valence-electron chi connectivity index (χ1n) is 30.2. The number of aliphatic hydroxyl groups is 4. The number of hydrogen-bond donors (Lipinski definition) is 4. The van der Waals surface area contributed by atoms with Crippen LogP contribution in [0.15, 0.2) is 60.7 Å². The molecule has 8 rings (SSSR count). The van der Waals surface area contributed by atoms with Crippen LogP contribution in [0.5, 0.6) is 0 Å². The van der Waals surface area contributed by atoms with Crippen molar-refractivity contribution in [3.05, 3.63) is 71.8 Å². The first-order chi connectivity index (χ1) is 37.9. The van der Waals surface area contributed by atoms with Crippen molar-refractivity contribution in [2.45, 2.75) is 153 Å². The summed E-state index contributed by atoms with van der Waals surface area (Å²) < 4.78 is 0. The molecule has 2 aliphatic carbocycles. The molecule has 4 saturated heterocycles. The molecule has 16 nitrogen and oxygen atoms in total. The fourth-order valence-corrected chi connectivity index (χ4v) is 14.4. The lowest BCUT2D eigenvalue weighted by molar-refractivity contribution is -0.168. The highest BCUT2D eigenvalue weighted by Crippen LogP contribution is 2.45. The average molecular weight is 1110 g/mol. The zero-order chi connectivity index (χ0) is 58.2. The second kappa shape index (κ2) is 27.0. The molecule has 4 aliphatic heterocycles. The lowest BCUT2D eigenvalue weighted by Crippen LogP contribution is -2.64. The zero-order valence-electron chi connectivity index (χ0n) is 49.7. The molecular weight excluding hydrogens is 1010 g/mol. The Kier molecular flexibility index (Phi) is 21.2. The predicted octanol–water partition coefficient (Wildman–Crippen LogP) is 6.55. The van der Waals surface area contributed by atoms with Gasteiger partial charge >= 0.3 is 0 Å². The number of likely N-dealkylation sites (tertiary alicyclic amines) is 4. The Labute approximate surface area is 477 Å².